The molecule has 4 nitrogen and oxygen atoms in total. The number of nitrogens with one attached hydrogen (secondary N) is 2. The van der Waals surface area contributed by atoms with Crippen molar-refractivity contribution in [1.29, 1.82) is 0 Å². The molecule has 1 aromatic heterocycles. The first-order valence-electron chi connectivity index (χ1n) is 7.23. The van der Waals surface area contributed by atoms with Crippen LogP contribution in [0.15, 0.2) is 47.6 Å². The molecule has 0 aliphatic rings. The smallest absolute Gasteiger partial charge is 0.191 e. The average molecular weight is 300 g/mol. The third-order valence-electron chi connectivity index (χ3n) is 3.44. The van der Waals surface area contributed by atoms with E-state index in [0.717, 1.165) is 11.3 Å². The van der Waals surface area contributed by atoms with Crippen LogP contribution < -0.4 is 10.6 Å². The number of guanidine groups is 1. The van der Waals surface area contributed by atoms with Gasteiger partial charge in [-0.2, -0.15) is 0 Å². The zero-order valence-electron chi connectivity index (χ0n) is 13.1. The fourth-order valence-corrected chi connectivity index (χ4v) is 2.04. The maximum absolute atomic E-state index is 13.6. The van der Waals surface area contributed by atoms with E-state index in [2.05, 4.69) is 20.6 Å². The molecule has 0 radical (unpaired) electrons. The molecule has 1 heterocycles. The molecule has 22 heavy (non-hydrogen) atoms. The lowest BCUT2D eigenvalue weighted by molar-refractivity contribution is 0.607. The van der Waals surface area contributed by atoms with Crippen molar-refractivity contribution in [3.05, 3.63) is 65.2 Å². The summed E-state index contributed by atoms with van der Waals surface area (Å²) >= 11 is 0. The third kappa shape index (κ3) is 4.28. The molecule has 0 bridgehead atoms. The fraction of sp³-hybridized carbons (Fsp3) is 0.294. The highest BCUT2D eigenvalue weighted by atomic mass is 19.1. The summed E-state index contributed by atoms with van der Waals surface area (Å²) < 4.78 is 13.6. The van der Waals surface area contributed by atoms with Crippen LogP contribution >= 0.6 is 0 Å². The molecule has 1 atom stereocenters. The largest absolute Gasteiger partial charge is 0.351 e. The monoisotopic (exact) mass is 300 g/mol. The number of hydrogen-bond acceptors (Lipinski definition) is 2. The van der Waals surface area contributed by atoms with Gasteiger partial charge in [-0.1, -0.05) is 18.2 Å². The van der Waals surface area contributed by atoms with Crippen molar-refractivity contribution in [3.8, 4) is 0 Å². The summed E-state index contributed by atoms with van der Waals surface area (Å²) in [6, 6.07) is 11.0. The number of aliphatic imine (C=N–C) groups is 1. The summed E-state index contributed by atoms with van der Waals surface area (Å²) in [5, 5.41) is 6.44. The van der Waals surface area contributed by atoms with E-state index in [9.17, 15) is 4.39 Å². The average Bonchev–Trinajstić information content (AvgIpc) is 2.54. The molecule has 5 heteroatoms. The van der Waals surface area contributed by atoms with E-state index >= 15 is 0 Å². The van der Waals surface area contributed by atoms with Crippen LogP contribution in [0, 0.1) is 12.7 Å². The van der Waals surface area contributed by atoms with Crippen LogP contribution in [-0.4, -0.2) is 18.0 Å². The third-order valence-corrected chi connectivity index (χ3v) is 3.44. The van der Waals surface area contributed by atoms with Crippen molar-refractivity contribution in [3.63, 3.8) is 0 Å². The molecule has 0 amide bonds. The summed E-state index contributed by atoms with van der Waals surface area (Å²) in [4.78, 5) is 8.43. The van der Waals surface area contributed by atoms with Crippen molar-refractivity contribution in [2.75, 3.05) is 7.05 Å². The zero-order valence-corrected chi connectivity index (χ0v) is 13.1. The van der Waals surface area contributed by atoms with Crippen molar-refractivity contribution in [1.82, 2.24) is 15.6 Å². The molecular weight excluding hydrogens is 279 g/mol. The van der Waals surface area contributed by atoms with Gasteiger partial charge >= 0.3 is 0 Å². The standard InChI is InChI=1S/C17H21FN4/c1-12-7-8-14(10-16(12)18)13(2)22-17(19-3)21-11-15-6-4-5-9-20-15/h4-10,13H,11H2,1-3H3,(H2,19,21,22). The van der Waals surface area contributed by atoms with Crippen LogP contribution in [0.2, 0.25) is 0 Å². The van der Waals surface area contributed by atoms with E-state index in [-0.39, 0.29) is 11.9 Å². The molecule has 0 saturated heterocycles. The normalized spacial score (nSPS) is 12.8. The number of aryl methyl sites for hydroxylation is 1. The lowest BCUT2D eigenvalue weighted by atomic mass is 10.1. The SMILES string of the molecule is CN=C(NCc1ccccn1)NC(C)c1ccc(C)c(F)c1. The molecule has 1 aromatic carbocycles. The Bertz CT molecular complexity index is 640. The zero-order chi connectivity index (χ0) is 15.9. The van der Waals surface area contributed by atoms with Crippen molar-refractivity contribution in [2.45, 2.75) is 26.4 Å². The second-order valence-electron chi connectivity index (χ2n) is 5.12. The van der Waals surface area contributed by atoms with Crippen LogP contribution in [0.3, 0.4) is 0 Å². The maximum atomic E-state index is 13.6. The van der Waals surface area contributed by atoms with E-state index in [0.29, 0.717) is 18.1 Å². The predicted molar refractivity (Wildman–Crippen MR) is 87.1 cm³/mol. The first kappa shape index (κ1) is 15.9. The molecule has 0 saturated carbocycles. The topological polar surface area (TPSA) is 49.3 Å². The quantitative estimate of drug-likeness (QED) is 0.674. The highest BCUT2D eigenvalue weighted by molar-refractivity contribution is 5.80. The summed E-state index contributed by atoms with van der Waals surface area (Å²) in [6.45, 7) is 4.30. The Morgan fingerprint density at radius 2 is 2.14 bits per heavy atom. The van der Waals surface area contributed by atoms with Gasteiger partial charge in [-0.3, -0.25) is 9.98 Å². The van der Waals surface area contributed by atoms with Crippen molar-refractivity contribution < 1.29 is 4.39 Å². The molecule has 2 N–H and O–H groups in total. The number of rotatable bonds is 4. The minimum Gasteiger partial charge on any atom is -0.351 e. The number of benzene rings is 1. The predicted octanol–water partition coefficient (Wildman–Crippen LogP) is 2.96. The van der Waals surface area contributed by atoms with E-state index < -0.39 is 0 Å². The number of nitrogens with zero attached hydrogens (tertiary/aromatic N) is 2. The minimum absolute atomic E-state index is 0.0509. The summed E-state index contributed by atoms with van der Waals surface area (Å²) in [5.41, 5.74) is 2.46. The summed E-state index contributed by atoms with van der Waals surface area (Å²) in [5.74, 6) is 0.460. The number of aromatic nitrogens is 1. The Morgan fingerprint density at radius 1 is 1.32 bits per heavy atom. The molecule has 0 fully saturated rings. The molecule has 0 aliphatic carbocycles. The van der Waals surface area contributed by atoms with E-state index in [1.165, 1.54) is 0 Å². The molecule has 0 spiro atoms. The Hall–Kier alpha value is -2.43. The minimum atomic E-state index is -0.192. The number of halogens is 1. The van der Waals surface area contributed by atoms with E-state index in [1.54, 1.807) is 32.3 Å². The second-order valence-corrected chi connectivity index (χ2v) is 5.12. The summed E-state index contributed by atoms with van der Waals surface area (Å²) in [6.07, 6.45) is 1.75. The van der Waals surface area contributed by atoms with Gasteiger partial charge in [0.15, 0.2) is 5.96 Å². The molecule has 0 aliphatic heterocycles. The Labute approximate surface area is 130 Å². The highest BCUT2D eigenvalue weighted by Crippen LogP contribution is 2.16. The van der Waals surface area contributed by atoms with Crippen LogP contribution in [0.25, 0.3) is 0 Å². The van der Waals surface area contributed by atoms with Crippen molar-refractivity contribution >= 4 is 5.96 Å². The molecule has 2 aromatic rings. The molecular formula is C17H21FN4. The van der Waals surface area contributed by atoms with Crippen molar-refractivity contribution in [2.24, 2.45) is 4.99 Å². The van der Waals surface area contributed by atoms with E-state index in [4.69, 9.17) is 0 Å². The lowest BCUT2D eigenvalue weighted by Crippen LogP contribution is -2.38. The van der Waals surface area contributed by atoms with Crippen LogP contribution in [0.1, 0.15) is 29.8 Å². The van der Waals surface area contributed by atoms with Gasteiger partial charge in [-0.25, -0.2) is 4.39 Å². The van der Waals surface area contributed by atoms with Gasteiger partial charge in [0.2, 0.25) is 0 Å². The van der Waals surface area contributed by atoms with Gasteiger partial charge in [0, 0.05) is 13.2 Å². The van der Waals surface area contributed by atoms with Gasteiger partial charge in [0.25, 0.3) is 0 Å². The van der Waals surface area contributed by atoms with Gasteiger partial charge in [0.05, 0.1) is 18.3 Å². The first-order chi connectivity index (χ1) is 10.6. The van der Waals surface area contributed by atoms with Crippen LogP contribution in [0.5, 0.6) is 0 Å². The highest BCUT2D eigenvalue weighted by Gasteiger charge is 2.09. The first-order valence-corrected chi connectivity index (χ1v) is 7.23. The maximum Gasteiger partial charge on any atom is 0.191 e. The van der Waals surface area contributed by atoms with Gasteiger partial charge in [-0.15, -0.1) is 0 Å². The summed E-state index contributed by atoms with van der Waals surface area (Å²) in [7, 11) is 1.70. The number of hydrogen-bond donors (Lipinski definition) is 2. The fourth-order valence-electron chi connectivity index (χ4n) is 2.04. The molecule has 1 unspecified atom stereocenters. The number of pyridine rings is 1. The Balaban J connectivity index is 1.96. The van der Waals surface area contributed by atoms with Crippen LogP contribution in [-0.2, 0) is 6.54 Å². The molecule has 2 rings (SSSR count). The Morgan fingerprint density at radius 3 is 2.77 bits per heavy atom. The van der Waals surface area contributed by atoms with Gasteiger partial charge < -0.3 is 10.6 Å². The lowest BCUT2D eigenvalue weighted by Gasteiger charge is -2.18. The van der Waals surface area contributed by atoms with E-state index in [1.807, 2.05) is 31.2 Å². The van der Waals surface area contributed by atoms with Crippen LogP contribution in [0.4, 0.5) is 4.39 Å². The Kier molecular flexibility index (Phi) is 5.47. The molecule has 116 valence electrons. The second kappa shape index (κ2) is 7.54. The van der Waals surface area contributed by atoms with Gasteiger partial charge in [-0.05, 0) is 43.2 Å². The van der Waals surface area contributed by atoms with Gasteiger partial charge in [0.1, 0.15) is 5.82 Å².